The Hall–Kier alpha value is -2.04. The number of amides is 2. The van der Waals surface area contributed by atoms with E-state index in [1.165, 1.54) is 7.11 Å². The summed E-state index contributed by atoms with van der Waals surface area (Å²) in [6.45, 7) is 5.41. The highest BCUT2D eigenvalue weighted by atomic mass is 16.5. The van der Waals surface area contributed by atoms with Gasteiger partial charge in [-0.05, 0) is 38.0 Å². The fraction of sp³-hybridized carbons (Fsp3) is 0.385. The number of urea groups is 1. The lowest BCUT2D eigenvalue weighted by Gasteiger charge is -2.14. The second-order valence-corrected chi connectivity index (χ2v) is 4.16. The van der Waals surface area contributed by atoms with E-state index in [1.54, 1.807) is 6.92 Å². The van der Waals surface area contributed by atoms with Gasteiger partial charge in [0.05, 0.1) is 7.11 Å². The zero-order chi connectivity index (χ0) is 13.7. The number of carbonyl (C=O) groups is 2. The molecule has 0 aromatic heterocycles. The van der Waals surface area contributed by atoms with Gasteiger partial charge < -0.3 is 15.4 Å². The summed E-state index contributed by atoms with van der Waals surface area (Å²) in [5, 5.41) is 5.20. The topological polar surface area (TPSA) is 67.4 Å². The van der Waals surface area contributed by atoms with Crippen molar-refractivity contribution < 1.29 is 14.3 Å². The first kappa shape index (κ1) is 14.0. The monoisotopic (exact) mass is 250 g/mol. The predicted molar refractivity (Wildman–Crippen MR) is 69.5 cm³/mol. The van der Waals surface area contributed by atoms with Gasteiger partial charge in [-0.3, -0.25) is 0 Å². The number of esters is 1. The average Bonchev–Trinajstić information content (AvgIpc) is 2.32. The molecule has 0 unspecified atom stereocenters. The first-order valence-electron chi connectivity index (χ1n) is 5.66. The zero-order valence-corrected chi connectivity index (χ0v) is 11.0. The number of nitrogens with one attached hydrogen (secondary N) is 2. The van der Waals surface area contributed by atoms with E-state index in [9.17, 15) is 9.59 Å². The largest absolute Gasteiger partial charge is 0.467 e. The molecule has 5 nitrogen and oxygen atoms in total. The number of methoxy groups -OCH3 is 1. The first-order valence-corrected chi connectivity index (χ1v) is 5.66. The average molecular weight is 250 g/mol. The molecule has 0 aliphatic rings. The van der Waals surface area contributed by atoms with Crippen molar-refractivity contribution in [2.75, 3.05) is 12.4 Å². The Kier molecular flexibility index (Phi) is 4.71. The highest BCUT2D eigenvalue weighted by Crippen LogP contribution is 2.15. The second-order valence-electron chi connectivity index (χ2n) is 4.16. The maximum Gasteiger partial charge on any atom is 0.328 e. The number of carbonyl (C=O) groups excluding carboxylic acids is 2. The minimum atomic E-state index is -0.680. The molecule has 98 valence electrons. The van der Waals surface area contributed by atoms with E-state index in [0.717, 1.165) is 16.8 Å². The molecule has 0 saturated heterocycles. The third-order valence-electron chi connectivity index (χ3n) is 2.54. The molecule has 0 bridgehead atoms. The van der Waals surface area contributed by atoms with Crippen molar-refractivity contribution in [3.05, 3.63) is 29.3 Å². The highest BCUT2D eigenvalue weighted by Gasteiger charge is 2.15. The first-order chi connectivity index (χ1) is 8.43. The zero-order valence-electron chi connectivity index (χ0n) is 11.0. The van der Waals surface area contributed by atoms with Gasteiger partial charge in [-0.2, -0.15) is 0 Å². The van der Waals surface area contributed by atoms with Crippen LogP contribution in [0.25, 0.3) is 0 Å². The summed E-state index contributed by atoms with van der Waals surface area (Å²) < 4.78 is 4.52. The fourth-order valence-corrected chi connectivity index (χ4v) is 1.46. The molecule has 0 aliphatic heterocycles. The molecule has 1 aromatic carbocycles. The standard InChI is InChI=1S/C13H18N2O3/c1-8-5-6-9(2)11(7-8)15-13(17)14-10(3)12(16)18-4/h5-7,10H,1-4H3,(H2,14,15,17)/t10-/m0/s1. The molecule has 1 atom stereocenters. The van der Waals surface area contributed by atoms with E-state index in [1.807, 2.05) is 32.0 Å². The van der Waals surface area contributed by atoms with Crippen LogP contribution in [0.15, 0.2) is 18.2 Å². The minimum absolute atomic E-state index is 0.429. The molecule has 0 heterocycles. The van der Waals surface area contributed by atoms with Crippen molar-refractivity contribution in [2.24, 2.45) is 0 Å². The molecule has 1 aromatic rings. The second kappa shape index (κ2) is 6.05. The van der Waals surface area contributed by atoms with E-state index in [0.29, 0.717) is 0 Å². The number of rotatable bonds is 3. The van der Waals surface area contributed by atoms with E-state index in [2.05, 4.69) is 15.4 Å². The Morgan fingerprint density at radius 3 is 2.56 bits per heavy atom. The third kappa shape index (κ3) is 3.76. The van der Waals surface area contributed by atoms with Crippen LogP contribution in [0, 0.1) is 13.8 Å². The van der Waals surface area contributed by atoms with Crippen molar-refractivity contribution in [1.82, 2.24) is 5.32 Å². The number of benzene rings is 1. The highest BCUT2D eigenvalue weighted by molar-refractivity contribution is 5.93. The van der Waals surface area contributed by atoms with Crippen molar-refractivity contribution in [2.45, 2.75) is 26.8 Å². The van der Waals surface area contributed by atoms with Crippen LogP contribution in [0.5, 0.6) is 0 Å². The number of aryl methyl sites for hydroxylation is 2. The summed E-state index contributed by atoms with van der Waals surface area (Å²) in [5.41, 5.74) is 2.74. The van der Waals surface area contributed by atoms with Crippen LogP contribution in [0.3, 0.4) is 0 Å². The molecule has 1 rings (SSSR count). The van der Waals surface area contributed by atoms with Crippen molar-refractivity contribution >= 4 is 17.7 Å². The Morgan fingerprint density at radius 2 is 1.94 bits per heavy atom. The molecule has 5 heteroatoms. The van der Waals surface area contributed by atoms with E-state index in [4.69, 9.17) is 0 Å². The summed E-state index contributed by atoms with van der Waals surface area (Å²) >= 11 is 0. The van der Waals surface area contributed by atoms with Gasteiger partial charge in [0.25, 0.3) is 0 Å². The van der Waals surface area contributed by atoms with Crippen LogP contribution in [0.4, 0.5) is 10.5 Å². The summed E-state index contributed by atoms with van der Waals surface area (Å²) in [6.07, 6.45) is 0. The van der Waals surface area contributed by atoms with Crippen molar-refractivity contribution in [3.8, 4) is 0 Å². The number of hydrogen-bond acceptors (Lipinski definition) is 3. The van der Waals surface area contributed by atoms with Gasteiger partial charge >= 0.3 is 12.0 Å². The van der Waals surface area contributed by atoms with E-state index in [-0.39, 0.29) is 0 Å². The predicted octanol–water partition coefficient (Wildman–Crippen LogP) is 1.99. The Bertz CT molecular complexity index is 458. The lowest BCUT2D eigenvalue weighted by atomic mass is 10.1. The van der Waals surface area contributed by atoms with Crippen LogP contribution in [-0.2, 0) is 9.53 Å². The molecule has 0 aliphatic carbocycles. The molecule has 0 spiro atoms. The summed E-state index contributed by atoms with van der Waals surface area (Å²) in [5.74, 6) is -0.480. The molecule has 0 radical (unpaired) electrons. The maximum absolute atomic E-state index is 11.7. The van der Waals surface area contributed by atoms with Crippen LogP contribution in [0.2, 0.25) is 0 Å². The summed E-state index contributed by atoms with van der Waals surface area (Å²) in [4.78, 5) is 22.8. The Morgan fingerprint density at radius 1 is 1.28 bits per heavy atom. The van der Waals surface area contributed by atoms with Gasteiger partial charge in [-0.25, -0.2) is 9.59 Å². The molecule has 2 amide bonds. The quantitative estimate of drug-likeness (QED) is 0.806. The third-order valence-corrected chi connectivity index (χ3v) is 2.54. The van der Waals surface area contributed by atoms with Crippen LogP contribution in [0.1, 0.15) is 18.1 Å². The smallest absolute Gasteiger partial charge is 0.328 e. The maximum atomic E-state index is 11.7. The Labute approximate surface area is 107 Å². The molecular weight excluding hydrogens is 232 g/mol. The van der Waals surface area contributed by atoms with E-state index >= 15 is 0 Å². The van der Waals surface area contributed by atoms with Crippen molar-refractivity contribution in [3.63, 3.8) is 0 Å². The SMILES string of the molecule is COC(=O)[C@H](C)NC(=O)Nc1cc(C)ccc1C. The normalized spacial score (nSPS) is 11.6. The lowest BCUT2D eigenvalue weighted by Crippen LogP contribution is -2.41. The lowest BCUT2D eigenvalue weighted by molar-refractivity contribution is -0.142. The fourth-order valence-electron chi connectivity index (χ4n) is 1.46. The molecule has 0 saturated carbocycles. The minimum Gasteiger partial charge on any atom is -0.467 e. The van der Waals surface area contributed by atoms with Crippen LogP contribution in [-0.4, -0.2) is 25.2 Å². The molecule has 18 heavy (non-hydrogen) atoms. The van der Waals surface area contributed by atoms with Gasteiger partial charge in [-0.15, -0.1) is 0 Å². The Balaban J connectivity index is 2.65. The van der Waals surface area contributed by atoms with Crippen molar-refractivity contribution in [1.29, 1.82) is 0 Å². The van der Waals surface area contributed by atoms with Crippen LogP contribution >= 0.6 is 0 Å². The van der Waals surface area contributed by atoms with Gasteiger partial charge in [0.2, 0.25) is 0 Å². The number of anilines is 1. The van der Waals surface area contributed by atoms with Gasteiger partial charge in [0, 0.05) is 5.69 Å². The summed E-state index contributed by atoms with van der Waals surface area (Å²) in [6, 6.07) is 4.66. The molecule has 0 fully saturated rings. The number of ether oxygens (including phenoxy) is 1. The van der Waals surface area contributed by atoms with Gasteiger partial charge in [0.15, 0.2) is 0 Å². The van der Waals surface area contributed by atoms with E-state index < -0.39 is 18.0 Å². The van der Waals surface area contributed by atoms with Gasteiger partial charge in [-0.1, -0.05) is 12.1 Å². The number of hydrogen-bond donors (Lipinski definition) is 2. The molecule has 2 N–H and O–H groups in total. The van der Waals surface area contributed by atoms with Crippen LogP contribution < -0.4 is 10.6 Å². The van der Waals surface area contributed by atoms with Gasteiger partial charge in [0.1, 0.15) is 6.04 Å². The summed E-state index contributed by atoms with van der Waals surface area (Å²) in [7, 11) is 1.28. The molecular formula is C13H18N2O3.